The summed E-state index contributed by atoms with van der Waals surface area (Å²) in [5.41, 5.74) is 1.67. The molecule has 0 bridgehead atoms. The summed E-state index contributed by atoms with van der Waals surface area (Å²) in [6, 6.07) is 8.57. The monoisotopic (exact) mass is 456 g/mol. The number of carbonyl (C=O) groups is 1. The van der Waals surface area contributed by atoms with E-state index in [9.17, 15) is 4.79 Å². The Kier molecular flexibility index (Phi) is 8.70. The van der Waals surface area contributed by atoms with Crippen LogP contribution in [-0.2, 0) is 16.0 Å². The van der Waals surface area contributed by atoms with Crippen molar-refractivity contribution in [1.82, 2.24) is 9.80 Å². The highest BCUT2D eigenvalue weighted by atomic mass is 16.5. The molecule has 0 aromatic heterocycles. The summed E-state index contributed by atoms with van der Waals surface area (Å²) in [6.45, 7) is 11.9. The number of benzene rings is 1. The maximum atomic E-state index is 13.1. The van der Waals surface area contributed by atoms with E-state index in [1.54, 1.807) is 0 Å². The van der Waals surface area contributed by atoms with Gasteiger partial charge >= 0.3 is 0 Å². The molecule has 5 heteroatoms. The Bertz CT molecular complexity index is 751. The second-order valence-electron chi connectivity index (χ2n) is 11.0. The van der Waals surface area contributed by atoms with Gasteiger partial charge in [0.15, 0.2) is 0 Å². The van der Waals surface area contributed by atoms with E-state index in [2.05, 4.69) is 47.9 Å². The Morgan fingerprint density at radius 1 is 1.03 bits per heavy atom. The first kappa shape index (κ1) is 24.5. The number of rotatable bonds is 3. The molecule has 0 saturated carbocycles. The summed E-state index contributed by atoms with van der Waals surface area (Å²) in [5, 5.41) is 0. The number of aryl methyl sites for hydroxylation is 1. The van der Waals surface area contributed by atoms with Gasteiger partial charge in [0.25, 0.3) is 0 Å². The van der Waals surface area contributed by atoms with Crippen LogP contribution in [0.3, 0.4) is 0 Å². The van der Waals surface area contributed by atoms with Gasteiger partial charge in [-0.05, 0) is 67.9 Å². The van der Waals surface area contributed by atoms with Crippen LogP contribution in [0.15, 0.2) is 24.3 Å². The Balaban J connectivity index is 1.43. The molecule has 3 aliphatic rings. The van der Waals surface area contributed by atoms with Crippen LogP contribution in [0.2, 0.25) is 0 Å². The molecular formula is C28H44N2O3. The maximum absolute atomic E-state index is 13.1. The molecule has 5 nitrogen and oxygen atoms in total. The standard InChI is InChI=1S/C28H44N2O3/c1-23(2)21-29-17-20-33-26-9-4-3-7-24(26)8-5-6-12-28(22-29)13-15-30(16-14-28)27(31)25-10-18-32-19-11-25/h3-4,7,9,23,25H,5-6,8,10-22H2,1-2H3. The van der Waals surface area contributed by atoms with Gasteiger partial charge in [0.05, 0.1) is 0 Å². The van der Waals surface area contributed by atoms with E-state index in [1.807, 2.05) is 0 Å². The molecule has 0 N–H and O–H groups in total. The van der Waals surface area contributed by atoms with Gasteiger partial charge in [0.1, 0.15) is 12.4 Å². The zero-order chi connectivity index (χ0) is 23.1. The van der Waals surface area contributed by atoms with Gasteiger partial charge in [-0.15, -0.1) is 0 Å². The fraction of sp³-hybridized carbons (Fsp3) is 0.750. The van der Waals surface area contributed by atoms with E-state index in [-0.39, 0.29) is 5.92 Å². The van der Waals surface area contributed by atoms with Crippen molar-refractivity contribution in [2.45, 2.75) is 65.2 Å². The number of carbonyl (C=O) groups excluding carboxylic acids is 1. The highest BCUT2D eigenvalue weighted by Crippen LogP contribution is 2.39. The van der Waals surface area contributed by atoms with Crippen molar-refractivity contribution < 1.29 is 14.3 Å². The second-order valence-corrected chi connectivity index (χ2v) is 11.0. The average Bonchev–Trinajstić information content (AvgIpc) is 2.82. The maximum Gasteiger partial charge on any atom is 0.225 e. The van der Waals surface area contributed by atoms with Crippen LogP contribution in [0, 0.1) is 17.3 Å². The summed E-state index contributed by atoms with van der Waals surface area (Å²) >= 11 is 0. The molecule has 0 atom stereocenters. The molecule has 1 aromatic rings. The number of hydrogen-bond acceptors (Lipinski definition) is 4. The third-order valence-electron chi connectivity index (χ3n) is 7.93. The lowest BCUT2D eigenvalue weighted by molar-refractivity contribution is -0.141. The molecule has 33 heavy (non-hydrogen) atoms. The highest BCUT2D eigenvalue weighted by molar-refractivity contribution is 5.79. The lowest BCUT2D eigenvalue weighted by Gasteiger charge is -2.46. The van der Waals surface area contributed by atoms with E-state index in [1.165, 1.54) is 24.8 Å². The normalized spacial score (nSPS) is 23.4. The van der Waals surface area contributed by atoms with Crippen LogP contribution in [0.25, 0.3) is 0 Å². The number of para-hydroxylation sites is 1. The number of hydrogen-bond donors (Lipinski definition) is 0. The zero-order valence-corrected chi connectivity index (χ0v) is 20.9. The first-order chi connectivity index (χ1) is 16.0. The molecule has 1 amide bonds. The first-order valence-corrected chi connectivity index (χ1v) is 13.3. The third kappa shape index (κ3) is 6.73. The van der Waals surface area contributed by atoms with Crippen LogP contribution in [0.1, 0.15) is 64.4 Å². The Hall–Kier alpha value is -1.59. The van der Waals surface area contributed by atoms with Crippen molar-refractivity contribution in [3.63, 3.8) is 0 Å². The quantitative estimate of drug-likeness (QED) is 0.656. The number of fused-ring (bicyclic) bond motifs is 1. The minimum atomic E-state index is 0.179. The Morgan fingerprint density at radius 2 is 1.79 bits per heavy atom. The number of amides is 1. The molecule has 2 saturated heterocycles. The number of piperidine rings is 1. The largest absolute Gasteiger partial charge is 0.492 e. The average molecular weight is 457 g/mol. The molecule has 184 valence electrons. The molecule has 0 aliphatic carbocycles. The van der Waals surface area contributed by atoms with E-state index in [0.717, 1.165) is 90.4 Å². The topological polar surface area (TPSA) is 42.0 Å². The Labute approximate surface area is 200 Å². The van der Waals surface area contributed by atoms with Crippen molar-refractivity contribution in [3.05, 3.63) is 29.8 Å². The van der Waals surface area contributed by atoms with Gasteiger partial charge in [-0.2, -0.15) is 0 Å². The molecule has 1 spiro atoms. The molecule has 4 rings (SSSR count). The van der Waals surface area contributed by atoms with Crippen molar-refractivity contribution in [2.24, 2.45) is 17.3 Å². The highest BCUT2D eigenvalue weighted by Gasteiger charge is 2.38. The number of ether oxygens (including phenoxy) is 2. The van der Waals surface area contributed by atoms with Crippen LogP contribution < -0.4 is 4.74 Å². The van der Waals surface area contributed by atoms with E-state index in [0.29, 0.717) is 17.2 Å². The van der Waals surface area contributed by atoms with Crippen molar-refractivity contribution in [2.75, 3.05) is 52.5 Å². The zero-order valence-electron chi connectivity index (χ0n) is 20.9. The molecular weight excluding hydrogens is 412 g/mol. The van der Waals surface area contributed by atoms with Gasteiger partial charge in [0.2, 0.25) is 5.91 Å². The number of likely N-dealkylation sites (tertiary alicyclic amines) is 1. The lowest BCUT2D eigenvalue weighted by atomic mass is 9.73. The molecule has 3 aliphatic heterocycles. The second kappa shape index (κ2) is 11.7. The lowest BCUT2D eigenvalue weighted by Crippen LogP contribution is -2.50. The fourth-order valence-electron chi connectivity index (χ4n) is 6.07. The number of nitrogens with zero attached hydrogens (tertiary/aromatic N) is 2. The van der Waals surface area contributed by atoms with Gasteiger partial charge in [-0.1, -0.05) is 38.5 Å². The third-order valence-corrected chi connectivity index (χ3v) is 7.93. The predicted octanol–water partition coefficient (Wildman–Crippen LogP) is 4.79. The molecule has 3 heterocycles. The summed E-state index contributed by atoms with van der Waals surface area (Å²) < 4.78 is 11.7. The van der Waals surface area contributed by atoms with Crippen molar-refractivity contribution in [1.29, 1.82) is 0 Å². The summed E-state index contributed by atoms with van der Waals surface area (Å²) in [7, 11) is 0. The smallest absolute Gasteiger partial charge is 0.225 e. The van der Waals surface area contributed by atoms with Gasteiger partial charge in [0, 0.05) is 51.9 Å². The van der Waals surface area contributed by atoms with Crippen molar-refractivity contribution in [3.8, 4) is 5.75 Å². The SMILES string of the molecule is CC(C)CN1CCOc2ccccc2CCCCC2(CCN(C(=O)C3CCOCC3)CC2)C1. The molecule has 1 aromatic carbocycles. The molecule has 2 fully saturated rings. The minimum absolute atomic E-state index is 0.179. The summed E-state index contributed by atoms with van der Waals surface area (Å²) in [6.07, 6.45) is 8.87. The molecule has 0 unspecified atom stereocenters. The van der Waals surface area contributed by atoms with Crippen molar-refractivity contribution >= 4 is 5.91 Å². The summed E-state index contributed by atoms with van der Waals surface area (Å²) in [5.74, 6) is 2.26. The minimum Gasteiger partial charge on any atom is -0.492 e. The van der Waals surface area contributed by atoms with Crippen LogP contribution in [0.5, 0.6) is 5.75 Å². The van der Waals surface area contributed by atoms with Gasteiger partial charge < -0.3 is 14.4 Å². The predicted molar refractivity (Wildman–Crippen MR) is 133 cm³/mol. The van der Waals surface area contributed by atoms with Crippen LogP contribution in [-0.4, -0.2) is 68.3 Å². The van der Waals surface area contributed by atoms with Gasteiger partial charge in [-0.3, -0.25) is 9.69 Å². The summed E-state index contributed by atoms with van der Waals surface area (Å²) in [4.78, 5) is 17.9. The van der Waals surface area contributed by atoms with Gasteiger partial charge in [-0.25, -0.2) is 0 Å². The van der Waals surface area contributed by atoms with E-state index in [4.69, 9.17) is 9.47 Å². The van der Waals surface area contributed by atoms with Crippen LogP contribution in [0.4, 0.5) is 0 Å². The Morgan fingerprint density at radius 3 is 2.55 bits per heavy atom. The molecule has 0 radical (unpaired) electrons. The van der Waals surface area contributed by atoms with E-state index < -0.39 is 0 Å². The first-order valence-electron chi connectivity index (χ1n) is 13.3. The fourth-order valence-corrected chi connectivity index (χ4v) is 6.07. The van der Waals surface area contributed by atoms with Crippen LogP contribution >= 0.6 is 0 Å². The van der Waals surface area contributed by atoms with E-state index >= 15 is 0 Å².